The van der Waals surface area contributed by atoms with Crippen LogP contribution in [-0.4, -0.2) is 39.4 Å². The number of para-hydroxylation sites is 1. The summed E-state index contributed by atoms with van der Waals surface area (Å²) >= 11 is 0. The second kappa shape index (κ2) is 6.24. The van der Waals surface area contributed by atoms with Crippen molar-refractivity contribution in [1.29, 1.82) is 0 Å². The SMILES string of the molecule is CN(C)CCn1c(=O)c2ccc([N+](=O)[O-])c3c(=O)c4ccccc4n(c1=O)c23. The lowest BCUT2D eigenvalue weighted by molar-refractivity contribution is -0.383. The Bertz CT molecular complexity index is 1430. The number of fused-ring (bicyclic) bond motifs is 2. The minimum absolute atomic E-state index is 0.00555. The van der Waals surface area contributed by atoms with E-state index in [1.807, 2.05) is 19.0 Å². The van der Waals surface area contributed by atoms with Crippen LogP contribution in [0, 0.1) is 10.1 Å². The molecule has 0 radical (unpaired) electrons. The van der Waals surface area contributed by atoms with Crippen LogP contribution in [0.4, 0.5) is 5.69 Å². The summed E-state index contributed by atoms with van der Waals surface area (Å²) in [5.41, 5.74) is -1.88. The molecule has 0 saturated heterocycles. The van der Waals surface area contributed by atoms with Crippen LogP contribution in [0.2, 0.25) is 0 Å². The predicted molar refractivity (Wildman–Crippen MR) is 106 cm³/mol. The summed E-state index contributed by atoms with van der Waals surface area (Å²) in [4.78, 5) is 51.8. The molecular formula is C19H16N4O5. The third-order valence-electron chi connectivity index (χ3n) is 4.86. The molecule has 0 unspecified atom stereocenters. The normalized spacial score (nSPS) is 11.8. The molecule has 0 N–H and O–H groups in total. The molecule has 2 aromatic carbocycles. The molecule has 2 aromatic heterocycles. The number of pyridine rings is 1. The molecule has 0 amide bonds. The first kappa shape index (κ1) is 17.8. The second-order valence-corrected chi connectivity index (χ2v) is 6.84. The van der Waals surface area contributed by atoms with Gasteiger partial charge in [-0.05, 0) is 32.3 Å². The van der Waals surface area contributed by atoms with Gasteiger partial charge in [-0.1, -0.05) is 12.1 Å². The van der Waals surface area contributed by atoms with Gasteiger partial charge in [0.15, 0.2) is 0 Å². The topological polar surface area (TPSA) is 107 Å². The maximum atomic E-state index is 13.2. The third-order valence-corrected chi connectivity index (χ3v) is 4.86. The summed E-state index contributed by atoms with van der Waals surface area (Å²) in [6, 6.07) is 8.86. The van der Waals surface area contributed by atoms with E-state index in [-0.39, 0.29) is 28.2 Å². The number of hydrogen-bond donors (Lipinski definition) is 0. The number of likely N-dealkylation sites (N-methyl/N-ethyl adjacent to an activating group) is 1. The van der Waals surface area contributed by atoms with Crippen LogP contribution in [0.3, 0.4) is 0 Å². The van der Waals surface area contributed by atoms with Crippen LogP contribution in [-0.2, 0) is 6.54 Å². The van der Waals surface area contributed by atoms with Gasteiger partial charge in [0.1, 0.15) is 5.39 Å². The van der Waals surface area contributed by atoms with Crippen molar-refractivity contribution in [2.75, 3.05) is 20.6 Å². The summed E-state index contributed by atoms with van der Waals surface area (Å²) < 4.78 is 2.34. The zero-order valence-electron chi connectivity index (χ0n) is 15.2. The van der Waals surface area contributed by atoms with E-state index >= 15 is 0 Å². The molecule has 0 spiro atoms. The largest absolute Gasteiger partial charge is 0.336 e. The first-order valence-corrected chi connectivity index (χ1v) is 8.58. The van der Waals surface area contributed by atoms with E-state index in [9.17, 15) is 24.5 Å². The molecule has 0 saturated carbocycles. The van der Waals surface area contributed by atoms with Crippen LogP contribution in [0.15, 0.2) is 50.8 Å². The molecule has 0 atom stereocenters. The molecule has 2 heterocycles. The van der Waals surface area contributed by atoms with E-state index in [1.165, 1.54) is 16.5 Å². The minimum Gasteiger partial charge on any atom is -0.308 e. The smallest absolute Gasteiger partial charge is 0.308 e. The average molecular weight is 380 g/mol. The highest BCUT2D eigenvalue weighted by molar-refractivity contribution is 6.05. The van der Waals surface area contributed by atoms with Gasteiger partial charge in [0.2, 0.25) is 5.43 Å². The molecular weight excluding hydrogens is 364 g/mol. The zero-order chi connectivity index (χ0) is 20.2. The molecule has 9 nitrogen and oxygen atoms in total. The lowest BCUT2D eigenvalue weighted by atomic mass is 10.1. The number of nitro groups is 1. The van der Waals surface area contributed by atoms with Crippen molar-refractivity contribution in [3.63, 3.8) is 0 Å². The Kier molecular flexibility index (Phi) is 3.97. The number of aromatic nitrogens is 2. The zero-order valence-corrected chi connectivity index (χ0v) is 15.2. The van der Waals surface area contributed by atoms with Crippen molar-refractivity contribution in [2.45, 2.75) is 6.54 Å². The first-order chi connectivity index (χ1) is 13.3. The summed E-state index contributed by atoms with van der Waals surface area (Å²) in [5, 5.41) is 11.6. The van der Waals surface area contributed by atoms with Crippen LogP contribution in [0.5, 0.6) is 0 Å². The molecule has 4 rings (SSSR count). The fraction of sp³-hybridized carbons (Fsp3) is 0.211. The number of non-ortho nitro benzene ring substituents is 1. The standard InChI is InChI=1S/C19H16N4O5/c1-20(2)9-10-21-18(25)12-7-8-14(23(27)28)15-16(12)22(19(21)26)13-6-4-3-5-11(13)17(15)24/h3-8H,9-10H2,1-2H3. The van der Waals surface area contributed by atoms with E-state index in [0.717, 1.165) is 10.6 Å². The van der Waals surface area contributed by atoms with E-state index < -0.39 is 27.3 Å². The fourth-order valence-corrected chi connectivity index (χ4v) is 3.53. The Labute approximate surface area is 157 Å². The molecule has 0 aliphatic carbocycles. The number of benzene rings is 2. The molecule has 0 aliphatic rings. The molecule has 9 heteroatoms. The molecule has 0 fully saturated rings. The lowest BCUT2D eigenvalue weighted by Gasteiger charge is -2.15. The highest BCUT2D eigenvalue weighted by Gasteiger charge is 2.24. The Morgan fingerprint density at radius 1 is 1.04 bits per heavy atom. The van der Waals surface area contributed by atoms with Gasteiger partial charge in [0, 0.05) is 24.5 Å². The number of rotatable bonds is 4. The Hall–Kier alpha value is -3.59. The molecule has 28 heavy (non-hydrogen) atoms. The molecule has 0 bridgehead atoms. The van der Waals surface area contributed by atoms with Gasteiger partial charge in [0.25, 0.3) is 11.2 Å². The monoisotopic (exact) mass is 380 g/mol. The van der Waals surface area contributed by atoms with E-state index in [1.54, 1.807) is 18.2 Å². The molecule has 142 valence electrons. The van der Waals surface area contributed by atoms with Crippen LogP contribution >= 0.6 is 0 Å². The van der Waals surface area contributed by atoms with Crippen molar-refractivity contribution in [3.8, 4) is 0 Å². The van der Waals surface area contributed by atoms with Gasteiger partial charge in [-0.3, -0.25) is 28.7 Å². The summed E-state index contributed by atoms with van der Waals surface area (Å²) in [6.07, 6.45) is 0. The maximum absolute atomic E-state index is 13.2. The highest BCUT2D eigenvalue weighted by Crippen LogP contribution is 2.27. The Morgan fingerprint density at radius 3 is 2.43 bits per heavy atom. The minimum atomic E-state index is -0.674. The Morgan fingerprint density at radius 2 is 1.75 bits per heavy atom. The van der Waals surface area contributed by atoms with Gasteiger partial charge in [-0.15, -0.1) is 0 Å². The van der Waals surface area contributed by atoms with Crippen LogP contribution in [0.1, 0.15) is 0 Å². The third kappa shape index (κ3) is 2.40. The van der Waals surface area contributed by atoms with Crippen molar-refractivity contribution >= 4 is 32.9 Å². The Balaban J connectivity index is 2.34. The van der Waals surface area contributed by atoms with Gasteiger partial charge in [-0.2, -0.15) is 0 Å². The molecule has 4 aromatic rings. The lowest BCUT2D eigenvalue weighted by Crippen LogP contribution is -2.40. The van der Waals surface area contributed by atoms with Crippen LogP contribution < -0.4 is 16.7 Å². The summed E-state index contributed by atoms with van der Waals surface area (Å²) in [7, 11) is 3.65. The van der Waals surface area contributed by atoms with Gasteiger partial charge >= 0.3 is 5.69 Å². The van der Waals surface area contributed by atoms with Crippen molar-refractivity contribution in [1.82, 2.24) is 13.9 Å². The predicted octanol–water partition coefficient (Wildman–Crippen LogP) is 1.04. The fourth-order valence-electron chi connectivity index (χ4n) is 3.53. The first-order valence-electron chi connectivity index (χ1n) is 8.58. The number of nitro benzene ring substituents is 1. The summed E-state index contributed by atoms with van der Waals surface area (Å²) in [5.74, 6) is 0. The number of nitrogens with zero attached hydrogens (tertiary/aromatic N) is 4. The van der Waals surface area contributed by atoms with Crippen molar-refractivity contribution < 1.29 is 4.92 Å². The number of hydrogen-bond acceptors (Lipinski definition) is 6. The van der Waals surface area contributed by atoms with Crippen molar-refractivity contribution in [3.05, 3.63) is 77.6 Å². The van der Waals surface area contributed by atoms with Gasteiger partial charge in [0.05, 0.1) is 21.3 Å². The highest BCUT2D eigenvalue weighted by atomic mass is 16.6. The van der Waals surface area contributed by atoms with E-state index in [2.05, 4.69) is 0 Å². The quantitative estimate of drug-likeness (QED) is 0.227. The average Bonchev–Trinajstić information content (AvgIpc) is 2.66. The molecule has 0 aliphatic heterocycles. The second-order valence-electron chi connectivity index (χ2n) is 6.84. The van der Waals surface area contributed by atoms with Crippen LogP contribution in [0.25, 0.3) is 27.2 Å². The maximum Gasteiger partial charge on any atom is 0.336 e. The van der Waals surface area contributed by atoms with Crippen molar-refractivity contribution in [2.24, 2.45) is 0 Å². The summed E-state index contributed by atoms with van der Waals surface area (Å²) in [6.45, 7) is 0.615. The van der Waals surface area contributed by atoms with E-state index in [4.69, 9.17) is 0 Å². The van der Waals surface area contributed by atoms with Gasteiger partial charge in [-0.25, -0.2) is 4.79 Å². The van der Waals surface area contributed by atoms with E-state index in [0.29, 0.717) is 12.1 Å². The van der Waals surface area contributed by atoms with Gasteiger partial charge < -0.3 is 4.90 Å².